The fraction of sp³-hybridized carbons (Fsp3) is 0.378. The SMILES string of the molecule is COc1cc(N2CCN(C(=O)CN3CCN(c4cnn(C5CCC(=O)NC5=O)c(=O)c4)CC3)CC2)ccc1Nc1ncc(C(F)(F)F)c(Nc2ccccc2)n1. The Hall–Kier alpha value is -6.24. The average molecular weight is 776 g/mol. The number of carbonyl (C=O) groups excluding carboxylic acids is 3. The van der Waals surface area contributed by atoms with Gasteiger partial charge in [0, 0.05) is 88.5 Å². The maximum atomic E-state index is 13.8. The van der Waals surface area contributed by atoms with E-state index < -0.39 is 35.1 Å². The van der Waals surface area contributed by atoms with Crippen LogP contribution in [-0.4, -0.2) is 113 Å². The normalized spacial score (nSPS) is 18.1. The van der Waals surface area contributed by atoms with Crippen molar-refractivity contribution in [2.24, 2.45) is 0 Å². The van der Waals surface area contributed by atoms with E-state index >= 15 is 0 Å². The van der Waals surface area contributed by atoms with Crippen LogP contribution in [0.1, 0.15) is 24.4 Å². The first kappa shape index (κ1) is 38.1. The highest BCUT2D eigenvalue weighted by Crippen LogP contribution is 2.37. The minimum atomic E-state index is -4.67. The maximum Gasteiger partial charge on any atom is 0.421 e. The third-order valence-corrected chi connectivity index (χ3v) is 9.97. The third kappa shape index (κ3) is 8.67. The number of halogens is 3. The molecular formula is C37H40F3N11O5. The molecule has 2 aromatic heterocycles. The van der Waals surface area contributed by atoms with Crippen molar-refractivity contribution >= 4 is 52.2 Å². The quantitative estimate of drug-likeness (QED) is 0.201. The van der Waals surface area contributed by atoms with Crippen LogP contribution in [0.2, 0.25) is 0 Å². The van der Waals surface area contributed by atoms with Crippen LogP contribution in [-0.2, 0) is 20.6 Å². The van der Waals surface area contributed by atoms with Gasteiger partial charge in [0.05, 0.1) is 31.2 Å². The van der Waals surface area contributed by atoms with E-state index in [1.165, 1.54) is 13.2 Å². The van der Waals surface area contributed by atoms with Gasteiger partial charge >= 0.3 is 6.18 Å². The van der Waals surface area contributed by atoms with E-state index in [1.807, 2.05) is 21.9 Å². The van der Waals surface area contributed by atoms with Crippen LogP contribution < -0.4 is 36.0 Å². The van der Waals surface area contributed by atoms with Gasteiger partial charge in [0.1, 0.15) is 23.2 Å². The number of ether oxygens (including phenoxy) is 1. The number of benzene rings is 2. The average Bonchev–Trinajstić information content (AvgIpc) is 3.19. The van der Waals surface area contributed by atoms with Crippen LogP contribution in [0, 0.1) is 0 Å². The molecule has 1 unspecified atom stereocenters. The molecule has 0 radical (unpaired) electrons. The molecule has 19 heteroatoms. The first-order chi connectivity index (χ1) is 26.9. The topological polar surface area (TPSA) is 170 Å². The van der Waals surface area contributed by atoms with Crippen molar-refractivity contribution in [2.75, 3.05) is 86.4 Å². The number of amides is 3. The van der Waals surface area contributed by atoms with Crippen molar-refractivity contribution in [1.29, 1.82) is 0 Å². The fourth-order valence-corrected chi connectivity index (χ4v) is 6.90. The summed E-state index contributed by atoms with van der Waals surface area (Å²) in [4.78, 5) is 65.9. The highest BCUT2D eigenvalue weighted by Gasteiger charge is 2.36. The van der Waals surface area contributed by atoms with E-state index in [9.17, 15) is 32.3 Å². The summed E-state index contributed by atoms with van der Waals surface area (Å²) >= 11 is 0. The zero-order valence-corrected chi connectivity index (χ0v) is 30.5. The van der Waals surface area contributed by atoms with Crippen molar-refractivity contribution in [3.63, 3.8) is 0 Å². The molecule has 3 N–H and O–H groups in total. The van der Waals surface area contributed by atoms with Gasteiger partial charge in [-0.3, -0.25) is 29.4 Å². The van der Waals surface area contributed by atoms with Crippen molar-refractivity contribution in [3.05, 3.63) is 82.9 Å². The number of piperidine rings is 1. The van der Waals surface area contributed by atoms with Crippen molar-refractivity contribution in [2.45, 2.75) is 25.1 Å². The van der Waals surface area contributed by atoms with E-state index in [-0.39, 0.29) is 37.1 Å². The summed E-state index contributed by atoms with van der Waals surface area (Å²) in [6, 6.07) is 14.5. The largest absolute Gasteiger partial charge is 0.494 e. The molecule has 5 heterocycles. The van der Waals surface area contributed by atoms with Gasteiger partial charge in [-0.2, -0.15) is 23.3 Å². The number of imide groups is 1. The third-order valence-electron chi connectivity index (χ3n) is 9.97. The molecule has 3 aliphatic heterocycles. The number of rotatable bonds is 10. The lowest BCUT2D eigenvalue weighted by Crippen LogP contribution is -2.54. The number of methoxy groups -OCH3 is 1. The molecule has 7 rings (SSSR count). The van der Waals surface area contributed by atoms with Crippen LogP contribution in [0.3, 0.4) is 0 Å². The van der Waals surface area contributed by atoms with E-state index in [0.29, 0.717) is 75.2 Å². The monoisotopic (exact) mass is 775 g/mol. The Morgan fingerprint density at radius 3 is 2.29 bits per heavy atom. The highest BCUT2D eigenvalue weighted by molar-refractivity contribution is 5.99. The Labute approximate surface area is 319 Å². The number of alkyl halides is 3. The summed E-state index contributed by atoms with van der Waals surface area (Å²) in [6.07, 6.45) is -2.01. The van der Waals surface area contributed by atoms with Gasteiger partial charge in [-0.1, -0.05) is 18.2 Å². The molecule has 0 saturated carbocycles. The smallest absolute Gasteiger partial charge is 0.421 e. The maximum absolute atomic E-state index is 13.8. The van der Waals surface area contributed by atoms with E-state index in [1.54, 1.807) is 42.6 Å². The summed E-state index contributed by atoms with van der Waals surface area (Å²) in [5.41, 5.74) is 0.979. The summed E-state index contributed by atoms with van der Waals surface area (Å²) in [7, 11) is 1.49. The predicted octanol–water partition coefficient (Wildman–Crippen LogP) is 3.00. The summed E-state index contributed by atoms with van der Waals surface area (Å²) < 4.78 is 48.0. The summed E-state index contributed by atoms with van der Waals surface area (Å²) in [5, 5.41) is 12.2. The fourth-order valence-electron chi connectivity index (χ4n) is 6.90. The summed E-state index contributed by atoms with van der Waals surface area (Å²) in [5.74, 6) is -0.870. The number of aromatic nitrogens is 4. The minimum Gasteiger partial charge on any atom is -0.494 e. The number of nitrogens with one attached hydrogen (secondary N) is 3. The number of anilines is 6. The van der Waals surface area contributed by atoms with Crippen LogP contribution >= 0.6 is 0 Å². The van der Waals surface area contributed by atoms with Gasteiger partial charge in [0.25, 0.3) is 11.5 Å². The van der Waals surface area contributed by atoms with Crippen LogP contribution in [0.5, 0.6) is 5.75 Å². The first-order valence-electron chi connectivity index (χ1n) is 18.1. The van der Waals surface area contributed by atoms with Gasteiger partial charge in [0.15, 0.2) is 0 Å². The highest BCUT2D eigenvalue weighted by atomic mass is 19.4. The standard InChI is InChI=1S/C37H40F3N11O5/c1-56-30-19-25(7-8-28(30)44-36-41-22-27(37(38,39)40)34(46-36)43-24-5-3-2-4-6-24)48-15-17-50(18-16-48)33(54)23-47-11-13-49(14-12-47)26-20-32(53)51(42-21-26)29-9-10-31(52)45-35(29)55/h2-8,19-22,29H,9-18,23H2,1H3,(H,45,52,55)(H2,41,43,44,46). The van der Waals surface area contributed by atoms with Crippen LogP contribution in [0.15, 0.2) is 71.8 Å². The number of para-hydroxylation sites is 1. The second-order valence-corrected chi connectivity index (χ2v) is 13.5. The van der Waals surface area contributed by atoms with Gasteiger partial charge in [-0.15, -0.1) is 0 Å². The molecule has 3 fully saturated rings. The number of nitrogens with zero attached hydrogens (tertiary/aromatic N) is 8. The van der Waals surface area contributed by atoms with E-state index in [2.05, 4.69) is 40.8 Å². The number of piperazine rings is 2. The van der Waals surface area contributed by atoms with Crippen LogP contribution in [0.25, 0.3) is 0 Å². The van der Waals surface area contributed by atoms with Gasteiger partial charge in [-0.05, 0) is 30.7 Å². The molecule has 4 aromatic rings. The second-order valence-electron chi connectivity index (χ2n) is 13.5. The molecule has 3 amide bonds. The molecule has 0 bridgehead atoms. The molecule has 0 spiro atoms. The Balaban J connectivity index is 0.906. The van der Waals surface area contributed by atoms with Gasteiger partial charge in [0.2, 0.25) is 17.8 Å². The Kier molecular flexibility index (Phi) is 11.0. The van der Waals surface area contributed by atoms with Crippen molar-refractivity contribution in [1.82, 2.24) is 34.9 Å². The molecule has 3 aliphatic rings. The zero-order chi connectivity index (χ0) is 39.4. The molecule has 2 aromatic carbocycles. The Morgan fingerprint density at radius 1 is 0.893 bits per heavy atom. The van der Waals surface area contributed by atoms with Crippen molar-refractivity contribution < 1.29 is 32.3 Å². The van der Waals surface area contributed by atoms with Crippen LogP contribution in [0.4, 0.5) is 47.7 Å². The molecule has 294 valence electrons. The van der Waals surface area contributed by atoms with Crippen molar-refractivity contribution in [3.8, 4) is 5.75 Å². The molecule has 16 nitrogen and oxygen atoms in total. The summed E-state index contributed by atoms with van der Waals surface area (Å²) in [6.45, 7) is 4.90. The molecular weight excluding hydrogens is 735 g/mol. The molecule has 0 aliphatic carbocycles. The van der Waals surface area contributed by atoms with E-state index in [0.717, 1.165) is 16.6 Å². The Morgan fingerprint density at radius 2 is 1.61 bits per heavy atom. The predicted molar refractivity (Wildman–Crippen MR) is 200 cm³/mol. The molecule has 3 saturated heterocycles. The lowest BCUT2D eigenvalue weighted by Gasteiger charge is -2.39. The minimum absolute atomic E-state index is 0.0291. The lowest BCUT2D eigenvalue weighted by molar-refractivity contribution is -0.138. The number of hydrogen-bond donors (Lipinski definition) is 3. The Bertz CT molecular complexity index is 2140. The first-order valence-corrected chi connectivity index (χ1v) is 18.1. The molecule has 1 atom stereocenters. The second kappa shape index (κ2) is 16.2. The van der Waals surface area contributed by atoms with Gasteiger partial charge in [-0.25, -0.2) is 9.67 Å². The van der Waals surface area contributed by atoms with Gasteiger partial charge < -0.3 is 30.1 Å². The number of hydrogen-bond acceptors (Lipinski definition) is 13. The molecule has 56 heavy (non-hydrogen) atoms. The number of carbonyl (C=O) groups is 3. The lowest BCUT2D eigenvalue weighted by atomic mass is 10.1. The van der Waals surface area contributed by atoms with E-state index in [4.69, 9.17) is 4.74 Å². The zero-order valence-electron chi connectivity index (χ0n) is 30.5.